The first kappa shape index (κ1) is 23.4. The van der Waals surface area contributed by atoms with Crippen molar-refractivity contribution in [1.29, 1.82) is 0 Å². The van der Waals surface area contributed by atoms with Crippen LogP contribution in [0.15, 0.2) is 61.1 Å². The molecule has 0 atom stereocenters. The second kappa shape index (κ2) is 9.44. The maximum Gasteiger partial charge on any atom is 0.253 e. The van der Waals surface area contributed by atoms with Gasteiger partial charge < -0.3 is 9.47 Å². The number of carbonyl (C=O) groups excluding carboxylic acids is 1. The second-order valence-electron chi connectivity index (χ2n) is 10.2. The van der Waals surface area contributed by atoms with E-state index in [1.54, 1.807) is 19.0 Å². The van der Waals surface area contributed by atoms with E-state index in [1.807, 2.05) is 30.7 Å². The third kappa shape index (κ3) is 4.38. The van der Waals surface area contributed by atoms with Crippen LogP contribution in [0.5, 0.6) is 0 Å². The number of pyridine rings is 2. The molecule has 0 spiro atoms. The van der Waals surface area contributed by atoms with Crippen molar-refractivity contribution in [2.45, 2.75) is 25.3 Å². The van der Waals surface area contributed by atoms with E-state index in [4.69, 9.17) is 4.98 Å². The number of nitrogens with one attached hydrogen (secondary N) is 1. The van der Waals surface area contributed by atoms with Crippen molar-refractivity contribution in [3.05, 3.63) is 77.9 Å². The molecule has 0 bridgehead atoms. The molecule has 188 valence electrons. The van der Waals surface area contributed by atoms with Gasteiger partial charge in [0.2, 0.25) is 0 Å². The average molecular weight is 494 g/mol. The summed E-state index contributed by atoms with van der Waals surface area (Å²) in [7, 11) is 5.68. The maximum atomic E-state index is 12.2. The molecule has 37 heavy (non-hydrogen) atoms. The van der Waals surface area contributed by atoms with Gasteiger partial charge in [0.1, 0.15) is 5.65 Å². The average Bonchev–Trinajstić information content (AvgIpc) is 3.52. The van der Waals surface area contributed by atoms with Crippen molar-refractivity contribution < 1.29 is 4.79 Å². The Morgan fingerprint density at radius 1 is 1.05 bits per heavy atom. The monoisotopic (exact) mass is 493 g/mol. The lowest BCUT2D eigenvalue weighted by Gasteiger charge is -2.32. The lowest BCUT2D eigenvalue weighted by molar-refractivity contribution is 0.0827. The number of hydrogen-bond donors (Lipinski definition) is 1. The van der Waals surface area contributed by atoms with Gasteiger partial charge in [-0.15, -0.1) is 0 Å². The lowest BCUT2D eigenvalue weighted by Crippen LogP contribution is -2.33. The van der Waals surface area contributed by atoms with E-state index in [2.05, 4.69) is 62.0 Å². The Morgan fingerprint density at radius 3 is 2.59 bits per heavy atom. The standard InChI is InChI=1S/C29H31N7O/c1-34(2)29(37)21-6-4-19(5-7-21)20-9-12-36(13-10-20)18-24-15-26-25(8-11-30-28(26)35(24)3)22-14-23-17-32-33-27(23)31-16-22/h4-8,11,14-17,20H,9-10,12-13,18H2,1-3H3,(H,31,32,33). The predicted octanol–water partition coefficient (Wildman–Crippen LogP) is 4.59. The van der Waals surface area contributed by atoms with Gasteiger partial charge in [0.15, 0.2) is 5.65 Å². The van der Waals surface area contributed by atoms with Gasteiger partial charge in [0.05, 0.1) is 6.20 Å². The molecule has 1 N–H and O–H groups in total. The quantitative estimate of drug-likeness (QED) is 0.387. The molecule has 0 unspecified atom stereocenters. The van der Waals surface area contributed by atoms with Crippen LogP contribution in [0.2, 0.25) is 0 Å². The highest BCUT2D eigenvalue weighted by Crippen LogP contribution is 2.32. The fourth-order valence-corrected chi connectivity index (χ4v) is 5.47. The summed E-state index contributed by atoms with van der Waals surface area (Å²) >= 11 is 0. The highest BCUT2D eigenvalue weighted by molar-refractivity contribution is 5.95. The number of hydrogen-bond acceptors (Lipinski definition) is 5. The summed E-state index contributed by atoms with van der Waals surface area (Å²) < 4.78 is 2.22. The number of benzene rings is 1. The number of likely N-dealkylation sites (tertiary alicyclic amines) is 1. The molecule has 1 fully saturated rings. The maximum absolute atomic E-state index is 12.2. The topological polar surface area (TPSA) is 82.9 Å². The Balaban J connectivity index is 1.17. The van der Waals surface area contributed by atoms with Crippen LogP contribution in [0.1, 0.15) is 40.4 Å². The first-order valence-corrected chi connectivity index (χ1v) is 12.7. The molecule has 1 aliphatic heterocycles. The number of piperidine rings is 1. The van der Waals surface area contributed by atoms with E-state index in [0.29, 0.717) is 5.92 Å². The zero-order valence-electron chi connectivity index (χ0n) is 21.5. The molecular weight excluding hydrogens is 462 g/mol. The molecular formula is C29H31N7O. The van der Waals surface area contributed by atoms with Crippen LogP contribution in [-0.2, 0) is 13.6 Å². The van der Waals surface area contributed by atoms with Crippen molar-refractivity contribution in [1.82, 2.24) is 34.5 Å². The second-order valence-corrected chi connectivity index (χ2v) is 10.2. The Bertz CT molecular complexity index is 1570. The normalized spacial score (nSPS) is 15.0. The molecule has 5 aromatic rings. The summed E-state index contributed by atoms with van der Waals surface area (Å²) in [4.78, 5) is 25.6. The van der Waals surface area contributed by atoms with Gasteiger partial charge in [0, 0.05) is 67.7 Å². The number of nitrogens with zero attached hydrogens (tertiary/aromatic N) is 6. The molecule has 8 nitrogen and oxygen atoms in total. The van der Waals surface area contributed by atoms with Crippen LogP contribution >= 0.6 is 0 Å². The number of aromatic amines is 1. The van der Waals surface area contributed by atoms with Crippen molar-refractivity contribution >= 4 is 28.0 Å². The number of rotatable bonds is 5. The summed E-state index contributed by atoms with van der Waals surface area (Å²) in [6.45, 7) is 2.99. The summed E-state index contributed by atoms with van der Waals surface area (Å²) in [5.74, 6) is 0.582. The Kier molecular flexibility index (Phi) is 5.96. The largest absolute Gasteiger partial charge is 0.345 e. The molecule has 0 aliphatic carbocycles. The van der Waals surface area contributed by atoms with Crippen molar-refractivity contribution in [3.63, 3.8) is 0 Å². The van der Waals surface area contributed by atoms with Crippen molar-refractivity contribution in [3.8, 4) is 11.1 Å². The molecule has 1 aliphatic rings. The van der Waals surface area contributed by atoms with E-state index in [0.717, 1.165) is 71.2 Å². The number of carbonyl (C=O) groups is 1. The molecule has 8 heteroatoms. The van der Waals surface area contributed by atoms with Gasteiger partial charge in [-0.25, -0.2) is 9.97 Å². The molecule has 0 radical (unpaired) electrons. The number of amides is 1. The fourth-order valence-electron chi connectivity index (χ4n) is 5.47. The zero-order valence-corrected chi connectivity index (χ0v) is 21.5. The van der Waals surface area contributed by atoms with Crippen LogP contribution in [0.25, 0.3) is 33.2 Å². The van der Waals surface area contributed by atoms with Gasteiger partial charge in [-0.3, -0.25) is 14.8 Å². The minimum Gasteiger partial charge on any atom is -0.345 e. The van der Waals surface area contributed by atoms with Crippen LogP contribution in [0.4, 0.5) is 0 Å². The van der Waals surface area contributed by atoms with Gasteiger partial charge in [-0.2, -0.15) is 5.10 Å². The molecule has 0 saturated carbocycles. The number of aromatic nitrogens is 5. The summed E-state index contributed by atoms with van der Waals surface area (Å²) in [6.07, 6.45) is 7.82. The molecule has 1 saturated heterocycles. The molecule has 4 aromatic heterocycles. The molecule has 6 rings (SSSR count). The lowest BCUT2D eigenvalue weighted by atomic mass is 9.89. The number of aryl methyl sites for hydroxylation is 1. The predicted molar refractivity (Wildman–Crippen MR) is 145 cm³/mol. The summed E-state index contributed by atoms with van der Waals surface area (Å²) in [6, 6.07) is 14.7. The van der Waals surface area contributed by atoms with Gasteiger partial charge >= 0.3 is 0 Å². The molecule has 1 amide bonds. The van der Waals surface area contributed by atoms with E-state index in [-0.39, 0.29) is 5.91 Å². The van der Waals surface area contributed by atoms with Crippen LogP contribution in [0, 0.1) is 0 Å². The van der Waals surface area contributed by atoms with Gasteiger partial charge in [-0.1, -0.05) is 12.1 Å². The molecule has 1 aromatic carbocycles. The van der Waals surface area contributed by atoms with Gasteiger partial charge in [-0.05, 0) is 73.3 Å². The van der Waals surface area contributed by atoms with E-state index < -0.39 is 0 Å². The third-order valence-electron chi connectivity index (χ3n) is 7.64. The zero-order chi connectivity index (χ0) is 25.5. The van der Waals surface area contributed by atoms with E-state index in [1.165, 1.54) is 11.3 Å². The minimum absolute atomic E-state index is 0.0484. The van der Waals surface area contributed by atoms with Crippen molar-refractivity contribution in [2.75, 3.05) is 27.2 Å². The number of H-pyrrole nitrogens is 1. The first-order chi connectivity index (χ1) is 18.0. The van der Waals surface area contributed by atoms with Crippen LogP contribution in [0.3, 0.4) is 0 Å². The Labute approximate surface area is 215 Å². The number of fused-ring (bicyclic) bond motifs is 2. The Hall–Kier alpha value is -4.04. The summed E-state index contributed by atoms with van der Waals surface area (Å²) in [5.41, 5.74) is 7.32. The fraction of sp³-hybridized carbons (Fsp3) is 0.310. The summed E-state index contributed by atoms with van der Waals surface area (Å²) in [5, 5.41) is 9.16. The SMILES string of the molecule is CN(C)C(=O)c1ccc(C2CCN(Cc3cc4c(-c5cnc6[nH]ncc6c5)ccnc4n3C)CC2)cc1. The van der Waals surface area contributed by atoms with E-state index in [9.17, 15) is 4.79 Å². The smallest absolute Gasteiger partial charge is 0.253 e. The van der Waals surface area contributed by atoms with Crippen LogP contribution < -0.4 is 0 Å². The molecule has 5 heterocycles. The Morgan fingerprint density at radius 2 is 1.84 bits per heavy atom. The van der Waals surface area contributed by atoms with Crippen LogP contribution in [-0.4, -0.2) is 67.6 Å². The highest BCUT2D eigenvalue weighted by atomic mass is 16.2. The minimum atomic E-state index is 0.0484. The third-order valence-corrected chi connectivity index (χ3v) is 7.64. The van der Waals surface area contributed by atoms with Crippen molar-refractivity contribution in [2.24, 2.45) is 7.05 Å². The first-order valence-electron chi connectivity index (χ1n) is 12.7. The van der Waals surface area contributed by atoms with E-state index >= 15 is 0 Å². The highest BCUT2D eigenvalue weighted by Gasteiger charge is 2.22. The van der Waals surface area contributed by atoms with Gasteiger partial charge in [0.25, 0.3) is 5.91 Å².